The number of para-hydroxylation sites is 2. The molecule has 5 aromatic rings. The van der Waals surface area contributed by atoms with E-state index in [0.29, 0.717) is 47.0 Å². The van der Waals surface area contributed by atoms with Crippen LogP contribution in [0, 0.1) is 0 Å². The van der Waals surface area contributed by atoms with Crippen LogP contribution in [0.3, 0.4) is 0 Å². The Labute approximate surface area is 222 Å². The Kier molecular flexibility index (Phi) is 7.71. The molecule has 0 fully saturated rings. The van der Waals surface area contributed by atoms with Crippen LogP contribution in [-0.4, -0.2) is 11.6 Å². The van der Waals surface area contributed by atoms with Crippen molar-refractivity contribution >= 4 is 11.6 Å². The molecule has 0 amide bonds. The smallest absolute Gasteiger partial charge is 0.193 e. The Morgan fingerprint density at radius 2 is 0.711 bits per heavy atom. The molecule has 186 valence electrons. The molecule has 0 aliphatic rings. The monoisotopic (exact) mass is 498 g/mol. The lowest BCUT2D eigenvalue weighted by Gasteiger charge is -2.13. The molecule has 0 radical (unpaired) electrons. The molecule has 5 rings (SSSR count). The van der Waals surface area contributed by atoms with Gasteiger partial charge in [-0.15, -0.1) is 0 Å². The van der Waals surface area contributed by atoms with E-state index >= 15 is 0 Å². The Balaban J connectivity index is 1.18. The highest BCUT2D eigenvalue weighted by atomic mass is 16.5. The molecule has 0 aromatic heterocycles. The number of ketones is 2. The van der Waals surface area contributed by atoms with Gasteiger partial charge in [-0.25, -0.2) is 0 Å². The predicted molar refractivity (Wildman–Crippen MR) is 148 cm³/mol. The average Bonchev–Trinajstić information content (AvgIpc) is 3.00. The van der Waals surface area contributed by atoms with Gasteiger partial charge in [0.25, 0.3) is 0 Å². The van der Waals surface area contributed by atoms with Gasteiger partial charge in [0.1, 0.15) is 13.2 Å². The van der Waals surface area contributed by atoms with Crippen LogP contribution in [0.4, 0.5) is 0 Å². The summed E-state index contributed by atoms with van der Waals surface area (Å²) < 4.78 is 12.1. The van der Waals surface area contributed by atoms with Crippen LogP contribution in [0.15, 0.2) is 133 Å². The van der Waals surface area contributed by atoms with Crippen LogP contribution < -0.4 is 9.47 Å². The van der Waals surface area contributed by atoms with Gasteiger partial charge in [0.15, 0.2) is 23.1 Å². The summed E-state index contributed by atoms with van der Waals surface area (Å²) in [7, 11) is 0. The average molecular weight is 499 g/mol. The largest absolute Gasteiger partial charge is 0.485 e. The van der Waals surface area contributed by atoms with E-state index in [1.54, 1.807) is 0 Å². The zero-order valence-corrected chi connectivity index (χ0v) is 20.7. The molecule has 0 bridgehead atoms. The van der Waals surface area contributed by atoms with Crippen LogP contribution in [0.2, 0.25) is 0 Å². The number of carbonyl (C=O) groups excluding carboxylic acids is 2. The van der Waals surface area contributed by atoms with Gasteiger partial charge in [-0.05, 0) is 23.3 Å². The normalized spacial score (nSPS) is 10.5. The summed E-state index contributed by atoms with van der Waals surface area (Å²) in [6.45, 7) is 0.687. The van der Waals surface area contributed by atoms with E-state index in [9.17, 15) is 9.59 Å². The molecule has 0 aliphatic heterocycles. The minimum atomic E-state index is -0.00530. The van der Waals surface area contributed by atoms with Crippen molar-refractivity contribution in [2.24, 2.45) is 0 Å². The van der Waals surface area contributed by atoms with Crippen molar-refractivity contribution in [2.75, 3.05) is 0 Å². The lowest BCUT2D eigenvalue weighted by Crippen LogP contribution is -2.03. The summed E-state index contributed by atoms with van der Waals surface area (Å²) in [5.41, 5.74) is 4.51. The molecule has 0 heterocycles. The second-order valence-electron chi connectivity index (χ2n) is 8.81. The summed E-state index contributed by atoms with van der Waals surface area (Å²) in [5.74, 6) is 1.25. The predicted octanol–water partition coefficient (Wildman–Crippen LogP) is 7.31. The van der Waals surface area contributed by atoms with Gasteiger partial charge in [-0.3, -0.25) is 9.59 Å². The summed E-state index contributed by atoms with van der Waals surface area (Å²) >= 11 is 0. The number of rotatable bonds is 10. The lowest BCUT2D eigenvalue weighted by atomic mass is 10.0. The molecule has 0 atom stereocenters. The number of benzene rings is 5. The van der Waals surface area contributed by atoms with E-state index < -0.39 is 0 Å². The summed E-state index contributed by atoms with van der Waals surface area (Å²) in [4.78, 5) is 25.2. The Hall–Kier alpha value is -4.96. The second kappa shape index (κ2) is 11.8. The highest BCUT2D eigenvalue weighted by molar-refractivity contribution is 6.09. The highest BCUT2D eigenvalue weighted by Gasteiger charge is 2.11. The van der Waals surface area contributed by atoms with Crippen LogP contribution in [0.1, 0.15) is 43.0 Å². The van der Waals surface area contributed by atoms with Crippen LogP contribution >= 0.6 is 0 Å². The minimum absolute atomic E-state index is 0.00530. The van der Waals surface area contributed by atoms with Gasteiger partial charge >= 0.3 is 0 Å². The number of ether oxygens (including phenoxy) is 2. The van der Waals surface area contributed by atoms with Crippen molar-refractivity contribution in [2.45, 2.75) is 13.2 Å². The Morgan fingerprint density at radius 1 is 0.395 bits per heavy atom. The third kappa shape index (κ3) is 6.05. The molecule has 4 nitrogen and oxygen atoms in total. The molecule has 4 heteroatoms. The summed E-state index contributed by atoms with van der Waals surface area (Å²) in [6, 6.07) is 40.9. The maximum Gasteiger partial charge on any atom is 0.193 e. The third-order valence-electron chi connectivity index (χ3n) is 6.14. The van der Waals surface area contributed by atoms with E-state index in [2.05, 4.69) is 0 Å². The number of carbonyl (C=O) groups is 2. The van der Waals surface area contributed by atoms with E-state index in [1.165, 1.54) is 0 Å². The lowest BCUT2D eigenvalue weighted by molar-refractivity contribution is 0.103. The van der Waals surface area contributed by atoms with Gasteiger partial charge in [0, 0.05) is 22.3 Å². The fourth-order valence-corrected chi connectivity index (χ4v) is 4.03. The summed E-state index contributed by atoms with van der Waals surface area (Å²) in [6.07, 6.45) is 0. The molecule has 0 spiro atoms. The molecule has 38 heavy (non-hydrogen) atoms. The maximum atomic E-state index is 12.6. The van der Waals surface area contributed by atoms with E-state index in [4.69, 9.17) is 9.47 Å². The first-order valence-corrected chi connectivity index (χ1v) is 12.4. The van der Waals surface area contributed by atoms with Gasteiger partial charge in [0.2, 0.25) is 0 Å². The molecule has 0 N–H and O–H groups in total. The summed E-state index contributed by atoms with van der Waals surface area (Å²) in [5, 5.41) is 0. The van der Waals surface area contributed by atoms with E-state index in [-0.39, 0.29) is 11.6 Å². The maximum absolute atomic E-state index is 12.6. The fourth-order valence-electron chi connectivity index (χ4n) is 4.03. The van der Waals surface area contributed by atoms with E-state index in [1.807, 2.05) is 133 Å². The van der Waals surface area contributed by atoms with Gasteiger partial charge in [0.05, 0.1) is 0 Å². The molecule has 0 saturated heterocycles. The Bertz CT molecular complexity index is 1390. The Morgan fingerprint density at radius 3 is 1.08 bits per heavy atom. The number of hydrogen-bond acceptors (Lipinski definition) is 4. The zero-order valence-electron chi connectivity index (χ0n) is 20.7. The molecular weight excluding hydrogens is 472 g/mol. The van der Waals surface area contributed by atoms with Crippen LogP contribution in [-0.2, 0) is 13.2 Å². The highest BCUT2D eigenvalue weighted by Crippen LogP contribution is 2.28. The van der Waals surface area contributed by atoms with Gasteiger partial charge < -0.3 is 9.47 Å². The molecule has 5 aromatic carbocycles. The van der Waals surface area contributed by atoms with Crippen LogP contribution in [0.25, 0.3) is 0 Å². The van der Waals surface area contributed by atoms with Gasteiger partial charge in [-0.2, -0.15) is 0 Å². The standard InChI is InChI=1S/C34H26O4/c35-33(27-9-3-1-4-10-27)29-19-15-25(16-20-29)23-37-31-13-7-8-14-32(31)38-24-26-17-21-30(22-18-26)34(36)28-11-5-2-6-12-28/h1-22H,23-24H2. The first-order valence-electron chi connectivity index (χ1n) is 12.4. The zero-order chi connectivity index (χ0) is 26.2. The number of hydrogen-bond donors (Lipinski definition) is 0. The first-order chi connectivity index (χ1) is 18.7. The van der Waals surface area contributed by atoms with Crippen molar-refractivity contribution in [3.8, 4) is 11.5 Å². The fraction of sp³-hybridized carbons (Fsp3) is 0.0588. The topological polar surface area (TPSA) is 52.6 Å². The molecule has 0 saturated carbocycles. The third-order valence-corrected chi connectivity index (χ3v) is 6.14. The van der Waals surface area contributed by atoms with E-state index in [0.717, 1.165) is 11.1 Å². The van der Waals surface area contributed by atoms with Crippen LogP contribution in [0.5, 0.6) is 11.5 Å². The minimum Gasteiger partial charge on any atom is -0.485 e. The van der Waals surface area contributed by atoms with Crippen molar-refractivity contribution in [3.05, 3.63) is 167 Å². The van der Waals surface area contributed by atoms with Crippen molar-refractivity contribution in [3.63, 3.8) is 0 Å². The van der Waals surface area contributed by atoms with Crippen molar-refractivity contribution in [1.82, 2.24) is 0 Å². The quantitative estimate of drug-likeness (QED) is 0.190. The first kappa shape index (κ1) is 24.7. The van der Waals surface area contributed by atoms with Gasteiger partial charge in [-0.1, -0.05) is 121 Å². The second-order valence-corrected chi connectivity index (χ2v) is 8.81. The SMILES string of the molecule is O=C(c1ccccc1)c1ccc(COc2ccccc2OCc2ccc(C(=O)c3ccccc3)cc2)cc1. The molecule has 0 unspecified atom stereocenters. The molecular formula is C34H26O4. The molecule has 0 aliphatic carbocycles. The van der Waals surface area contributed by atoms with Crippen molar-refractivity contribution < 1.29 is 19.1 Å². The van der Waals surface area contributed by atoms with Crippen molar-refractivity contribution in [1.29, 1.82) is 0 Å².